The summed E-state index contributed by atoms with van der Waals surface area (Å²) in [5.74, 6) is 1.42. The Kier molecular flexibility index (Phi) is 6.60. The van der Waals surface area contributed by atoms with E-state index < -0.39 is 0 Å². The molecule has 0 heterocycles. The van der Waals surface area contributed by atoms with Crippen LogP contribution in [0.3, 0.4) is 0 Å². The fourth-order valence-corrected chi connectivity index (χ4v) is 1.02. The first-order chi connectivity index (χ1) is 6.47. The van der Waals surface area contributed by atoms with Crippen LogP contribution in [0.1, 0.15) is 26.3 Å². The maximum atomic E-state index is 10.1. The summed E-state index contributed by atoms with van der Waals surface area (Å²) in [6, 6.07) is 4.62. The van der Waals surface area contributed by atoms with E-state index in [0.29, 0.717) is 15.6 Å². The second kappa shape index (κ2) is 6.86. The predicted octanol–water partition coefficient (Wildman–Crippen LogP) is 4.07. The highest BCUT2D eigenvalue weighted by molar-refractivity contribution is 6.36. The van der Waals surface area contributed by atoms with E-state index in [0.717, 1.165) is 0 Å². The first-order valence-corrected chi connectivity index (χ1v) is 4.83. The van der Waals surface area contributed by atoms with Gasteiger partial charge >= 0.3 is 0 Å². The Hall–Kier alpha value is -0.530. The fraction of sp³-hybridized carbons (Fsp3) is 0.273. The molecule has 0 atom stereocenters. The first-order valence-electron chi connectivity index (χ1n) is 4.07. The van der Waals surface area contributed by atoms with Crippen LogP contribution in [0.25, 0.3) is 0 Å². The normalized spacial score (nSPS) is 9.29. The lowest BCUT2D eigenvalue weighted by Gasteiger charge is -1.93. The maximum Gasteiger partial charge on any atom is 0.235 e. The SMILES string of the molecule is C[C](C)C.O=[C]c1ccc(Cl)cc1Cl. The summed E-state index contributed by atoms with van der Waals surface area (Å²) in [7, 11) is 0. The van der Waals surface area contributed by atoms with Gasteiger partial charge in [0.1, 0.15) is 0 Å². The zero-order valence-electron chi connectivity index (χ0n) is 8.40. The molecule has 14 heavy (non-hydrogen) atoms. The standard InChI is InChI=1S/C7H3Cl2O.C4H9/c8-6-2-1-5(4-10)7(9)3-6;1-4(2)3/h1-3H;1-3H3. The van der Waals surface area contributed by atoms with Crippen LogP contribution in [0.15, 0.2) is 18.2 Å². The van der Waals surface area contributed by atoms with E-state index in [9.17, 15) is 4.79 Å². The summed E-state index contributed by atoms with van der Waals surface area (Å²) in [5, 5.41) is 0.853. The molecule has 1 aromatic rings. The third kappa shape index (κ3) is 6.01. The van der Waals surface area contributed by atoms with Crippen molar-refractivity contribution in [3.05, 3.63) is 39.7 Å². The Morgan fingerprint density at radius 2 is 1.71 bits per heavy atom. The molecule has 0 aliphatic carbocycles. The molecule has 0 aliphatic rings. The topological polar surface area (TPSA) is 17.1 Å². The molecule has 0 unspecified atom stereocenters. The van der Waals surface area contributed by atoms with E-state index in [1.54, 1.807) is 12.4 Å². The zero-order valence-corrected chi connectivity index (χ0v) is 9.91. The monoisotopic (exact) mass is 230 g/mol. The van der Waals surface area contributed by atoms with Crippen molar-refractivity contribution in [3.8, 4) is 0 Å². The molecule has 3 heteroatoms. The van der Waals surface area contributed by atoms with E-state index in [2.05, 4.69) is 20.8 Å². The smallest absolute Gasteiger partial charge is 0.235 e. The third-order valence-corrected chi connectivity index (χ3v) is 1.59. The molecule has 76 valence electrons. The number of rotatable bonds is 1. The van der Waals surface area contributed by atoms with Crippen LogP contribution in [0.5, 0.6) is 0 Å². The van der Waals surface area contributed by atoms with Gasteiger partial charge in [-0.1, -0.05) is 44.0 Å². The molecular formula is C11H12Cl2O. The van der Waals surface area contributed by atoms with Crippen molar-refractivity contribution >= 4 is 29.5 Å². The van der Waals surface area contributed by atoms with Gasteiger partial charge < -0.3 is 0 Å². The molecule has 0 N–H and O–H groups in total. The highest BCUT2D eigenvalue weighted by Crippen LogP contribution is 2.18. The lowest BCUT2D eigenvalue weighted by molar-refractivity contribution is 0.563. The van der Waals surface area contributed by atoms with Crippen molar-refractivity contribution in [3.63, 3.8) is 0 Å². The molecule has 1 aromatic carbocycles. The lowest BCUT2D eigenvalue weighted by Crippen LogP contribution is -1.80. The molecule has 0 amide bonds. The summed E-state index contributed by atoms with van der Waals surface area (Å²) in [4.78, 5) is 10.1. The van der Waals surface area contributed by atoms with Gasteiger partial charge in [0, 0.05) is 10.6 Å². The Morgan fingerprint density at radius 1 is 1.21 bits per heavy atom. The minimum Gasteiger partial charge on any atom is -0.285 e. The highest BCUT2D eigenvalue weighted by Gasteiger charge is 1.98. The second-order valence-corrected chi connectivity index (χ2v) is 4.07. The van der Waals surface area contributed by atoms with E-state index in [1.165, 1.54) is 18.1 Å². The third-order valence-electron chi connectivity index (χ3n) is 1.04. The van der Waals surface area contributed by atoms with E-state index in [4.69, 9.17) is 23.2 Å². The average molecular weight is 231 g/mol. The molecule has 0 spiro atoms. The van der Waals surface area contributed by atoms with Gasteiger partial charge in [0.25, 0.3) is 0 Å². The van der Waals surface area contributed by atoms with E-state index in [-0.39, 0.29) is 0 Å². The van der Waals surface area contributed by atoms with Crippen molar-refractivity contribution in [2.75, 3.05) is 0 Å². The number of carbonyl (C=O) groups excluding carboxylic acids is 1. The molecule has 1 rings (SSSR count). The fourth-order valence-electron chi connectivity index (χ4n) is 0.572. The number of halogens is 2. The van der Waals surface area contributed by atoms with Crippen LogP contribution in [-0.4, -0.2) is 6.29 Å². The van der Waals surface area contributed by atoms with E-state index >= 15 is 0 Å². The quantitative estimate of drug-likeness (QED) is 0.711. The summed E-state index contributed by atoms with van der Waals surface area (Å²) in [6.07, 6.45) is 1.68. The molecule has 0 aliphatic heterocycles. The minimum atomic E-state index is 0.336. The van der Waals surface area contributed by atoms with Gasteiger partial charge in [-0.05, 0) is 24.1 Å². The van der Waals surface area contributed by atoms with Crippen LogP contribution in [0.2, 0.25) is 10.0 Å². The van der Waals surface area contributed by atoms with Crippen LogP contribution >= 0.6 is 23.2 Å². The molecule has 0 aromatic heterocycles. The molecule has 0 bridgehead atoms. The van der Waals surface area contributed by atoms with Crippen molar-refractivity contribution in [2.45, 2.75) is 20.8 Å². The van der Waals surface area contributed by atoms with E-state index in [1.807, 2.05) is 0 Å². The largest absolute Gasteiger partial charge is 0.285 e. The Labute approximate surface area is 95.0 Å². The zero-order chi connectivity index (χ0) is 11.1. The van der Waals surface area contributed by atoms with Gasteiger partial charge in [-0.15, -0.1) is 0 Å². The van der Waals surface area contributed by atoms with Gasteiger partial charge in [-0.25, -0.2) is 0 Å². The van der Waals surface area contributed by atoms with Gasteiger partial charge in [-0.2, -0.15) is 0 Å². The van der Waals surface area contributed by atoms with Gasteiger partial charge in [0.2, 0.25) is 6.29 Å². The summed E-state index contributed by atoms with van der Waals surface area (Å²) >= 11 is 11.1. The Morgan fingerprint density at radius 3 is 2.07 bits per heavy atom. The van der Waals surface area contributed by atoms with Crippen LogP contribution < -0.4 is 0 Å². The van der Waals surface area contributed by atoms with Crippen LogP contribution in [-0.2, 0) is 4.79 Å². The van der Waals surface area contributed by atoms with Crippen molar-refractivity contribution in [1.82, 2.24) is 0 Å². The summed E-state index contributed by atoms with van der Waals surface area (Å²) in [5.41, 5.74) is 0.339. The second-order valence-electron chi connectivity index (χ2n) is 3.23. The molecule has 0 saturated carbocycles. The predicted molar refractivity (Wildman–Crippen MR) is 61.5 cm³/mol. The maximum absolute atomic E-state index is 10.1. The number of hydrogen-bond acceptors (Lipinski definition) is 1. The van der Waals surface area contributed by atoms with Crippen molar-refractivity contribution in [1.29, 1.82) is 0 Å². The molecule has 2 radical (unpaired) electrons. The highest BCUT2D eigenvalue weighted by atomic mass is 35.5. The number of benzene rings is 1. The van der Waals surface area contributed by atoms with Gasteiger partial charge in [0.05, 0.1) is 5.02 Å². The average Bonchev–Trinajstić information content (AvgIpc) is 2.03. The molecule has 0 saturated heterocycles. The van der Waals surface area contributed by atoms with Crippen LogP contribution in [0.4, 0.5) is 0 Å². The summed E-state index contributed by atoms with van der Waals surface area (Å²) in [6.45, 7) is 6.25. The molecule has 1 nitrogen and oxygen atoms in total. The molecule has 0 fully saturated rings. The summed E-state index contributed by atoms with van der Waals surface area (Å²) < 4.78 is 0. The Bertz CT molecular complexity index is 293. The van der Waals surface area contributed by atoms with Crippen LogP contribution in [0, 0.1) is 5.92 Å². The van der Waals surface area contributed by atoms with Gasteiger partial charge in [0.15, 0.2) is 0 Å². The minimum absolute atomic E-state index is 0.336. The van der Waals surface area contributed by atoms with Crippen molar-refractivity contribution < 1.29 is 4.79 Å². The van der Waals surface area contributed by atoms with Gasteiger partial charge in [-0.3, -0.25) is 4.79 Å². The number of hydrogen-bond donors (Lipinski definition) is 0. The van der Waals surface area contributed by atoms with Crippen molar-refractivity contribution in [2.24, 2.45) is 0 Å². The first kappa shape index (κ1) is 13.5. The Balaban J connectivity index is 0.000000364. The lowest BCUT2D eigenvalue weighted by atomic mass is 10.2. The molecular weight excluding hydrogens is 219 g/mol.